The van der Waals surface area contributed by atoms with Gasteiger partial charge in [0.15, 0.2) is 0 Å². The number of aliphatic hydroxyl groups is 2. The van der Waals surface area contributed by atoms with E-state index in [1.54, 1.807) is 24.3 Å². The van der Waals surface area contributed by atoms with Crippen LogP contribution in [-0.4, -0.2) is 88.3 Å². The molecule has 0 saturated heterocycles. The van der Waals surface area contributed by atoms with Crippen molar-refractivity contribution in [2.45, 2.75) is 111 Å². The quantitative estimate of drug-likeness (QED) is 0.0252. The highest BCUT2D eigenvalue weighted by molar-refractivity contribution is 6.35. The zero-order chi connectivity index (χ0) is 42.5. The van der Waals surface area contributed by atoms with Crippen LogP contribution in [-0.2, 0) is 25.5 Å². The van der Waals surface area contributed by atoms with Gasteiger partial charge in [0.25, 0.3) is 11.8 Å². The summed E-state index contributed by atoms with van der Waals surface area (Å²) in [4.78, 5) is 56.4. The third-order valence-electron chi connectivity index (χ3n) is 11.7. The summed E-state index contributed by atoms with van der Waals surface area (Å²) in [5.41, 5.74) is 5.44. The SMILES string of the molecule is CCN(CC)CCNC(=O)c1c(C)[nH]c(/C=C2\C(=O)Nc3ccc(OC(=O)CCC/C=C\C[C@@H]4[C@@H](CC[C@@H](O)CCc5ccccc5)[C@H](OC(C)=O)C[C@@H]4O)cc32)c1C. The lowest BCUT2D eigenvalue weighted by Crippen LogP contribution is -2.35. The second kappa shape index (κ2) is 21.8. The van der Waals surface area contributed by atoms with Crippen molar-refractivity contribution in [2.24, 2.45) is 11.8 Å². The summed E-state index contributed by atoms with van der Waals surface area (Å²) < 4.78 is 11.3. The number of allylic oxidation sites excluding steroid dienone is 2. The molecule has 1 aliphatic carbocycles. The number of hydrogen-bond donors (Lipinski definition) is 5. The molecule has 2 amide bonds. The van der Waals surface area contributed by atoms with Crippen LogP contribution in [0.2, 0.25) is 0 Å². The molecule has 3 aromatic rings. The molecule has 1 saturated carbocycles. The zero-order valence-corrected chi connectivity index (χ0v) is 35.2. The molecule has 0 bridgehead atoms. The Balaban J connectivity index is 1.11. The minimum Gasteiger partial charge on any atom is -0.462 e. The van der Waals surface area contributed by atoms with Gasteiger partial charge in [-0.25, -0.2) is 0 Å². The van der Waals surface area contributed by atoms with Gasteiger partial charge in [0.1, 0.15) is 11.9 Å². The van der Waals surface area contributed by atoms with Crippen LogP contribution in [0, 0.1) is 25.7 Å². The van der Waals surface area contributed by atoms with E-state index in [4.69, 9.17) is 9.47 Å². The molecular weight excluding hydrogens is 749 g/mol. The van der Waals surface area contributed by atoms with Crippen LogP contribution in [0.25, 0.3) is 11.6 Å². The average Bonchev–Trinajstić information content (AvgIpc) is 3.79. The third-order valence-corrected chi connectivity index (χ3v) is 11.7. The molecule has 2 aliphatic rings. The molecule has 0 radical (unpaired) electrons. The second-order valence-electron chi connectivity index (χ2n) is 15.8. The zero-order valence-electron chi connectivity index (χ0n) is 35.2. The highest BCUT2D eigenvalue weighted by Crippen LogP contribution is 2.41. The van der Waals surface area contributed by atoms with Crippen molar-refractivity contribution in [1.29, 1.82) is 0 Å². The Hall–Kier alpha value is -5.04. The number of aryl methyl sites for hydroxylation is 2. The number of ether oxygens (including phenoxy) is 2. The molecule has 0 unspecified atom stereocenters. The minimum absolute atomic E-state index is 0.0689. The molecule has 5 N–H and O–H groups in total. The summed E-state index contributed by atoms with van der Waals surface area (Å²) >= 11 is 0. The molecule has 2 heterocycles. The summed E-state index contributed by atoms with van der Waals surface area (Å²) in [5.74, 6) is -1.07. The predicted molar refractivity (Wildman–Crippen MR) is 230 cm³/mol. The van der Waals surface area contributed by atoms with Gasteiger partial charge in [0.2, 0.25) is 0 Å². The number of nitrogens with one attached hydrogen (secondary N) is 3. The van der Waals surface area contributed by atoms with Crippen LogP contribution in [0.4, 0.5) is 5.69 Å². The lowest BCUT2D eigenvalue weighted by atomic mass is 9.85. The van der Waals surface area contributed by atoms with E-state index in [0.717, 1.165) is 31.6 Å². The Morgan fingerprint density at radius 2 is 1.80 bits per heavy atom. The van der Waals surface area contributed by atoms with Gasteiger partial charge >= 0.3 is 11.9 Å². The summed E-state index contributed by atoms with van der Waals surface area (Å²) in [5, 5.41) is 27.6. The monoisotopic (exact) mass is 810 g/mol. The Bertz CT molecular complexity index is 1970. The summed E-state index contributed by atoms with van der Waals surface area (Å²) in [6, 6.07) is 15.1. The standard InChI is InChI=1S/C47H62N4O8/c1-6-51(7-2)26-25-48-47(57)45-30(3)41(49-31(45)4)28-39-38-27-35(22-24-40(38)50-46(39)56)59-44(55)18-14-9-8-13-17-36-37(43(29-42(36)54)58-32(5)52)23-21-34(53)20-19-33-15-11-10-12-16-33/h8,10-13,15-16,22,24,27-28,34,36-37,42-43,49,53-54H,6-7,9,14,17-21,23,25-26,29H2,1-5H3,(H,48,57)(H,50,56)/b13-8-,39-28-/t34-,36+,37+,42-,43+/m0/s1. The molecule has 1 aromatic heterocycles. The van der Waals surface area contributed by atoms with E-state index in [1.165, 1.54) is 12.5 Å². The van der Waals surface area contributed by atoms with E-state index in [1.807, 2.05) is 44.2 Å². The fourth-order valence-electron chi connectivity index (χ4n) is 8.39. The molecule has 318 valence electrons. The fourth-order valence-corrected chi connectivity index (χ4v) is 8.39. The van der Waals surface area contributed by atoms with Gasteiger partial charge in [-0.3, -0.25) is 19.2 Å². The first-order chi connectivity index (χ1) is 28.4. The summed E-state index contributed by atoms with van der Waals surface area (Å²) in [7, 11) is 0. The van der Waals surface area contributed by atoms with Crippen LogP contribution < -0.4 is 15.4 Å². The van der Waals surface area contributed by atoms with Gasteiger partial charge in [-0.05, 0) is 113 Å². The number of anilines is 1. The number of aliphatic hydroxyl groups excluding tert-OH is 2. The van der Waals surface area contributed by atoms with Gasteiger partial charge in [0.05, 0.1) is 23.3 Å². The van der Waals surface area contributed by atoms with Crippen LogP contribution in [0.15, 0.2) is 60.7 Å². The molecule has 5 rings (SSSR count). The van der Waals surface area contributed by atoms with E-state index in [0.29, 0.717) is 91.0 Å². The average molecular weight is 811 g/mol. The van der Waals surface area contributed by atoms with Crippen LogP contribution in [0.3, 0.4) is 0 Å². The van der Waals surface area contributed by atoms with Crippen LogP contribution >= 0.6 is 0 Å². The molecule has 2 aromatic carbocycles. The first kappa shape index (κ1) is 45.1. The van der Waals surface area contributed by atoms with E-state index in [9.17, 15) is 29.4 Å². The number of fused-ring (bicyclic) bond motifs is 1. The molecule has 12 heteroatoms. The van der Waals surface area contributed by atoms with E-state index < -0.39 is 24.3 Å². The van der Waals surface area contributed by atoms with Crippen LogP contribution in [0.1, 0.15) is 111 Å². The van der Waals surface area contributed by atoms with Crippen molar-refractivity contribution in [3.05, 3.63) is 94.3 Å². The van der Waals surface area contributed by atoms with E-state index >= 15 is 0 Å². The molecular formula is C47H62N4O8. The first-order valence-corrected chi connectivity index (χ1v) is 21.2. The number of aromatic nitrogens is 1. The van der Waals surface area contributed by atoms with E-state index in [-0.39, 0.29) is 36.0 Å². The highest BCUT2D eigenvalue weighted by Gasteiger charge is 2.43. The number of aromatic amines is 1. The van der Waals surface area contributed by atoms with Crippen molar-refractivity contribution < 1.29 is 38.9 Å². The largest absolute Gasteiger partial charge is 0.462 e. The Kier molecular flexibility index (Phi) is 16.7. The predicted octanol–water partition coefficient (Wildman–Crippen LogP) is 6.92. The normalized spacial score (nSPS) is 19.9. The van der Waals surface area contributed by atoms with Crippen molar-refractivity contribution in [2.75, 3.05) is 31.5 Å². The summed E-state index contributed by atoms with van der Waals surface area (Å²) in [6.07, 6.45) is 9.22. The number of hydrogen-bond acceptors (Lipinski definition) is 9. The number of likely N-dealkylation sites (N-methyl/N-ethyl adjacent to an activating group) is 1. The van der Waals surface area contributed by atoms with Gasteiger partial charge in [-0.1, -0.05) is 56.3 Å². The number of esters is 2. The first-order valence-electron chi connectivity index (χ1n) is 21.2. The third kappa shape index (κ3) is 12.5. The van der Waals surface area contributed by atoms with Gasteiger partial charge < -0.3 is 40.2 Å². The smallest absolute Gasteiger partial charge is 0.311 e. The number of benzene rings is 2. The lowest BCUT2D eigenvalue weighted by molar-refractivity contribution is -0.148. The topological polar surface area (TPSA) is 170 Å². The van der Waals surface area contributed by atoms with Gasteiger partial charge in [-0.2, -0.15) is 0 Å². The molecule has 12 nitrogen and oxygen atoms in total. The number of unbranched alkanes of at least 4 members (excludes halogenated alkanes) is 1. The maximum atomic E-state index is 13.1. The Morgan fingerprint density at radius 3 is 2.53 bits per heavy atom. The van der Waals surface area contributed by atoms with Crippen molar-refractivity contribution in [3.8, 4) is 5.75 Å². The summed E-state index contributed by atoms with van der Waals surface area (Å²) in [6.45, 7) is 12.4. The highest BCUT2D eigenvalue weighted by atomic mass is 16.5. The molecule has 0 spiro atoms. The van der Waals surface area contributed by atoms with E-state index in [2.05, 4.69) is 46.5 Å². The number of H-pyrrole nitrogens is 1. The Morgan fingerprint density at radius 1 is 1.03 bits per heavy atom. The maximum absolute atomic E-state index is 13.1. The maximum Gasteiger partial charge on any atom is 0.311 e. The number of carbonyl (C=O) groups excluding carboxylic acids is 4. The molecule has 1 fully saturated rings. The van der Waals surface area contributed by atoms with Gasteiger partial charge in [0, 0.05) is 61.4 Å². The lowest BCUT2D eigenvalue weighted by Gasteiger charge is -2.25. The minimum atomic E-state index is -0.619. The van der Waals surface area contributed by atoms with Crippen LogP contribution in [0.5, 0.6) is 5.75 Å². The number of nitrogens with zero attached hydrogens (tertiary/aromatic N) is 1. The van der Waals surface area contributed by atoms with Gasteiger partial charge in [-0.15, -0.1) is 0 Å². The second-order valence-corrected chi connectivity index (χ2v) is 15.8. The Labute approximate surface area is 348 Å². The fraction of sp³-hybridized carbons (Fsp3) is 0.489. The number of amides is 2. The molecule has 5 atom stereocenters. The van der Waals surface area contributed by atoms with Crippen molar-refractivity contribution in [1.82, 2.24) is 15.2 Å². The number of carbonyl (C=O) groups is 4. The molecule has 59 heavy (non-hydrogen) atoms. The number of rotatable bonds is 21. The molecule has 1 aliphatic heterocycles. The van der Waals surface area contributed by atoms with Crippen molar-refractivity contribution in [3.63, 3.8) is 0 Å². The van der Waals surface area contributed by atoms with Crippen molar-refractivity contribution >= 4 is 41.1 Å².